The molecule has 0 saturated heterocycles. The molecule has 4 aliphatic rings. The Kier molecular flexibility index (Phi) is 5.39. The quantitative estimate of drug-likeness (QED) is 0.622. The molecule has 2 nitrogen and oxygen atoms in total. The number of hydrogen-bond donors (Lipinski definition) is 1. The number of fused-ring (bicyclic) bond motifs is 4. The van der Waals surface area contributed by atoms with Gasteiger partial charge in [0.1, 0.15) is 0 Å². The SMILES string of the molecule is CN[C@@H](C)[C@H]1CC[C@@]2(C)[C@@H]3CC[C@@H]4C(=CC3=CC[C@]12C)CC[C@H](N(C)C)C4(C)C. The lowest BCUT2D eigenvalue weighted by atomic mass is 9.51. The van der Waals surface area contributed by atoms with E-state index < -0.39 is 0 Å². The van der Waals surface area contributed by atoms with E-state index in [2.05, 4.69) is 78.1 Å². The number of nitrogens with one attached hydrogen (secondary N) is 1. The van der Waals surface area contributed by atoms with Gasteiger partial charge in [-0.3, -0.25) is 0 Å². The van der Waals surface area contributed by atoms with E-state index in [1.54, 1.807) is 11.1 Å². The van der Waals surface area contributed by atoms with Gasteiger partial charge in [0.15, 0.2) is 0 Å². The Hall–Kier alpha value is -0.600. The summed E-state index contributed by atoms with van der Waals surface area (Å²) in [6, 6.07) is 1.32. The molecule has 4 rings (SSSR count). The molecule has 0 spiro atoms. The molecule has 0 radical (unpaired) electrons. The summed E-state index contributed by atoms with van der Waals surface area (Å²) in [6.45, 7) is 12.8. The van der Waals surface area contributed by atoms with Crippen LogP contribution in [0.5, 0.6) is 0 Å². The Morgan fingerprint density at radius 1 is 1.00 bits per heavy atom. The van der Waals surface area contributed by atoms with Gasteiger partial charge in [0.25, 0.3) is 0 Å². The van der Waals surface area contributed by atoms with E-state index in [-0.39, 0.29) is 0 Å². The minimum Gasteiger partial charge on any atom is -0.317 e. The molecule has 164 valence electrons. The molecule has 29 heavy (non-hydrogen) atoms. The summed E-state index contributed by atoms with van der Waals surface area (Å²) in [7, 11) is 6.72. The van der Waals surface area contributed by atoms with Gasteiger partial charge in [-0.2, -0.15) is 0 Å². The average molecular weight is 399 g/mol. The van der Waals surface area contributed by atoms with E-state index in [4.69, 9.17) is 0 Å². The number of rotatable bonds is 3. The zero-order valence-corrected chi connectivity index (χ0v) is 20.4. The van der Waals surface area contributed by atoms with Crippen LogP contribution >= 0.6 is 0 Å². The highest BCUT2D eigenvalue weighted by Crippen LogP contribution is 2.67. The van der Waals surface area contributed by atoms with Gasteiger partial charge in [-0.15, -0.1) is 0 Å². The Morgan fingerprint density at radius 3 is 2.34 bits per heavy atom. The molecule has 2 saturated carbocycles. The first kappa shape index (κ1) is 21.6. The van der Waals surface area contributed by atoms with Crippen molar-refractivity contribution in [1.29, 1.82) is 0 Å². The summed E-state index contributed by atoms with van der Waals surface area (Å²) < 4.78 is 0. The van der Waals surface area contributed by atoms with Crippen LogP contribution in [0.1, 0.15) is 79.6 Å². The maximum Gasteiger partial charge on any atom is 0.0149 e. The van der Waals surface area contributed by atoms with Gasteiger partial charge in [0, 0.05) is 12.1 Å². The lowest BCUT2D eigenvalue weighted by Gasteiger charge is -2.53. The lowest BCUT2D eigenvalue weighted by molar-refractivity contribution is -0.00117. The van der Waals surface area contributed by atoms with E-state index in [9.17, 15) is 0 Å². The van der Waals surface area contributed by atoms with Gasteiger partial charge in [0.05, 0.1) is 0 Å². The van der Waals surface area contributed by atoms with Crippen molar-refractivity contribution in [3.8, 4) is 0 Å². The fraction of sp³-hybridized carbons (Fsp3) is 0.852. The Balaban J connectivity index is 1.68. The van der Waals surface area contributed by atoms with Gasteiger partial charge >= 0.3 is 0 Å². The van der Waals surface area contributed by atoms with Crippen molar-refractivity contribution in [2.45, 2.75) is 91.6 Å². The third-order valence-corrected chi connectivity index (χ3v) is 10.7. The van der Waals surface area contributed by atoms with Gasteiger partial charge in [-0.05, 0) is 113 Å². The fourth-order valence-electron chi connectivity index (χ4n) is 8.69. The van der Waals surface area contributed by atoms with Gasteiger partial charge in [-0.1, -0.05) is 45.4 Å². The van der Waals surface area contributed by atoms with E-state index in [1.165, 1.54) is 44.9 Å². The van der Waals surface area contributed by atoms with Gasteiger partial charge in [0.2, 0.25) is 0 Å². The number of hydrogen-bond acceptors (Lipinski definition) is 2. The fourth-order valence-corrected chi connectivity index (χ4v) is 8.69. The highest BCUT2D eigenvalue weighted by molar-refractivity contribution is 5.37. The van der Waals surface area contributed by atoms with Crippen LogP contribution in [0.2, 0.25) is 0 Å². The smallest absolute Gasteiger partial charge is 0.0149 e. The van der Waals surface area contributed by atoms with E-state index >= 15 is 0 Å². The summed E-state index contributed by atoms with van der Waals surface area (Å²) in [5.41, 5.74) is 4.72. The van der Waals surface area contributed by atoms with Crippen LogP contribution < -0.4 is 5.32 Å². The minimum atomic E-state index is 0.366. The van der Waals surface area contributed by atoms with Crippen LogP contribution in [0, 0.1) is 34.0 Å². The summed E-state index contributed by atoms with van der Waals surface area (Å²) in [5, 5.41) is 3.60. The van der Waals surface area contributed by atoms with Crippen LogP contribution in [-0.4, -0.2) is 38.1 Å². The van der Waals surface area contributed by atoms with Crippen molar-refractivity contribution in [3.05, 3.63) is 23.3 Å². The first-order valence-electron chi connectivity index (χ1n) is 12.3. The molecule has 0 aromatic rings. The van der Waals surface area contributed by atoms with Crippen LogP contribution in [0.25, 0.3) is 0 Å². The summed E-state index contributed by atoms with van der Waals surface area (Å²) >= 11 is 0. The molecule has 7 atom stereocenters. The van der Waals surface area contributed by atoms with E-state index in [1.807, 2.05) is 0 Å². The molecule has 0 aromatic carbocycles. The Bertz CT molecular complexity index is 701. The molecular formula is C27H46N2. The number of nitrogens with zero attached hydrogens (tertiary/aromatic N) is 1. The first-order valence-corrected chi connectivity index (χ1v) is 12.3. The predicted molar refractivity (Wildman–Crippen MR) is 125 cm³/mol. The van der Waals surface area contributed by atoms with Crippen molar-refractivity contribution in [2.24, 2.45) is 34.0 Å². The maximum absolute atomic E-state index is 3.60. The molecule has 0 heterocycles. The van der Waals surface area contributed by atoms with Crippen LogP contribution in [0.15, 0.2) is 23.3 Å². The van der Waals surface area contributed by atoms with Crippen LogP contribution in [-0.2, 0) is 0 Å². The Labute approximate surface area is 180 Å². The molecule has 0 aromatic heterocycles. The molecule has 2 heteroatoms. The van der Waals surface area contributed by atoms with Gasteiger partial charge < -0.3 is 10.2 Å². The predicted octanol–water partition coefficient (Wildman–Crippen LogP) is 6.05. The first-order chi connectivity index (χ1) is 13.6. The second-order valence-electron chi connectivity index (χ2n) is 12.2. The lowest BCUT2D eigenvalue weighted by Crippen LogP contribution is -2.49. The molecule has 2 fully saturated rings. The molecular weight excluding hydrogens is 352 g/mol. The molecule has 0 unspecified atom stereocenters. The monoisotopic (exact) mass is 398 g/mol. The van der Waals surface area contributed by atoms with Crippen LogP contribution in [0.4, 0.5) is 0 Å². The highest BCUT2D eigenvalue weighted by atomic mass is 15.1. The molecule has 0 bridgehead atoms. The van der Waals surface area contributed by atoms with E-state index in [0.29, 0.717) is 28.3 Å². The van der Waals surface area contributed by atoms with Crippen molar-refractivity contribution in [1.82, 2.24) is 10.2 Å². The number of allylic oxidation sites excluding steroid dienone is 4. The third kappa shape index (κ3) is 3.03. The topological polar surface area (TPSA) is 15.3 Å². The molecule has 4 aliphatic carbocycles. The maximum atomic E-state index is 3.60. The second-order valence-corrected chi connectivity index (χ2v) is 12.2. The molecule has 1 N–H and O–H groups in total. The van der Waals surface area contributed by atoms with Crippen molar-refractivity contribution < 1.29 is 0 Å². The molecule has 0 aliphatic heterocycles. The second kappa shape index (κ2) is 7.23. The van der Waals surface area contributed by atoms with Crippen molar-refractivity contribution in [2.75, 3.05) is 21.1 Å². The summed E-state index contributed by atoms with van der Waals surface area (Å²) in [4.78, 5) is 2.49. The normalized spacial score (nSPS) is 44.9. The average Bonchev–Trinajstić information content (AvgIpc) is 2.80. The Morgan fingerprint density at radius 2 is 1.69 bits per heavy atom. The summed E-state index contributed by atoms with van der Waals surface area (Å²) in [5.74, 6) is 2.29. The summed E-state index contributed by atoms with van der Waals surface area (Å²) in [6.07, 6.45) is 14.8. The molecule has 0 amide bonds. The highest BCUT2D eigenvalue weighted by Gasteiger charge is 2.60. The van der Waals surface area contributed by atoms with Gasteiger partial charge in [-0.25, -0.2) is 0 Å². The zero-order chi connectivity index (χ0) is 21.2. The third-order valence-electron chi connectivity index (χ3n) is 10.7. The standard InChI is InChI=1S/C27H46N2/c1-18(28-6)21-14-16-27(5)23-11-10-22-19(17-20(23)13-15-26(21,27)4)9-12-24(29(7)8)25(22,2)3/h13,17-18,21-24,28H,9-12,14-16H2,1-8H3/t18-,21+,22+,23+,24-,26+,27-/m0/s1. The van der Waals surface area contributed by atoms with E-state index in [0.717, 1.165) is 17.8 Å². The zero-order valence-electron chi connectivity index (χ0n) is 20.4. The van der Waals surface area contributed by atoms with Crippen molar-refractivity contribution >= 4 is 0 Å². The van der Waals surface area contributed by atoms with Crippen LogP contribution in [0.3, 0.4) is 0 Å². The van der Waals surface area contributed by atoms with Crippen molar-refractivity contribution in [3.63, 3.8) is 0 Å². The minimum absolute atomic E-state index is 0.366. The largest absolute Gasteiger partial charge is 0.317 e.